The van der Waals surface area contributed by atoms with Gasteiger partial charge in [-0.1, -0.05) is 18.5 Å². The lowest BCUT2D eigenvalue weighted by atomic mass is 10.1. The number of nitrogens with one attached hydrogen (secondary N) is 1. The fourth-order valence-electron chi connectivity index (χ4n) is 3.70. The highest BCUT2D eigenvalue weighted by molar-refractivity contribution is 6.32. The first kappa shape index (κ1) is 22.5. The van der Waals surface area contributed by atoms with E-state index in [1.807, 2.05) is 19.1 Å². The molecule has 4 rings (SSSR count). The average Bonchev–Trinajstić information content (AvgIpc) is 3.22. The molecule has 3 aromatic rings. The van der Waals surface area contributed by atoms with Crippen molar-refractivity contribution in [3.63, 3.8) is 0 Å². The minimum Gasteiger partial charge on any atom is -0.454 e. The van der Waals surface area contributed by atoms with Crippen molar-refractivity contribution in [1.82, 2.24) is 15.0 Å². The Kier molecular flexibility index (Phi) is 6.68. The van der Waals surface area contributed by atoms with Gasteiger partial charge in [0.1, 0.15) is 22.8 Å². The lowest BCUT2D eigenvalue weighted by Crippen LogP contribution is -2.35. The molecule has 162 valence electrons. The van der Waals surface area contributed by atoms with Crippen molar-refractivity contribution in [2.24, 2.45) is 5.92 Å². The second kappa shape index (κ2) is 8.91. The van der Waals surface area contributed by atoms with Crippen LogP contribution in [0.3, 0.4) is 0 Å². The molecule has 9 nitrogen and oxygen atoms in total. The van der Waals surface area contributed by atoms with E-state index in [2.05, 4.69) is 20.3 Å². The smallest absolute Gasteiger partial charge is 0.223 e. The van der Waals surface area contributed by atoms with Crippen LogP contribution in [-0.4, -0.2) is 55.1 Å². The highest BCUT2D eigenvalue weighted by Crippen LogP contribution is 2.38. The van der Waals surface area contributed by atoms with E-state index in [0.717, 1.165) is 17.5 Å². The van der Waals surface area contributed by atoms with Gasteiger partial charge in [0.15, 0.2) is 5.58 Å². The van der Waals surface area contributed by atoms with Crippen LogP contribution in [0.25, 0.3) is 22.3 Å². The molecule has 6 N–H and O–H groups in total. The quantitative estimate of drug-likeness (QED) is 0.363. The summed E-state index contributed by atoms with van der Waals surface area (Å²) in [6.45, 7) is 1.79. The topological polar surface area (TPSA) is 151 Å². The van der Waals surface area contributed by atoms with Gasteiger partial charge >= 0.3 is 0 Å². The molecule has 3 aromatic heterocycles. The predicted octanol–water partition coefficient (Wildman–Crippen LogP) is 2.02. The number of nitrogen functional groups attached to an aromatic ring is 1. The summed E-state index contributed by atoms with van der Waals surface area (Å²) in [6.07, 6.45) is 0.675. The van der Waals surface area contributed by atoms with Crippen LogP contribution < -0.4 is 11.1 Å². The maximum Gasteiger partial charge on any atom is 0.223 e. The van der Waals surface area contributed by atoms with Gasteiger partial charge in [-0.2, -0.15) is 4.98 Å². The third-order valence-corrected chi connectivity index (χ3v) is 5.58. The number of hydrogen-bond acceptors (Lipinski definition) is 9. The van der Waals surface area contributed by atoms with Crippen molar-refractivity contribution in [1.29, 1.82) is 0 Å². The van der Waals surface area contributed by atoms with E-state index in [0.29, 0.717) is 23.3 Å². The zero-order valence-corrected chi connectivity index (χ0v) is 17.7. The molecule has 0 saturated heterocycles. The number of nitrogens with zero attached hydrogens (tertiary/aromatic N) is 3. The first-order valence-electron chi connectivity index (χ1n) is 9.36. The van der Waals surface area contributed by atoms with Gasteiger partial charge in [-0.15, -0.1) is 12.4 Å². The Labute approximate surface area is 183 Å². The van der Waals surface area contributed by atoms with E-state index in [1.165, 1.54) is 0 Å². The van der Waals surface area contributed by atoms with Crippen molar-refractivity contribution in [3.05, 3.63) is 29.2 Å². The Hall–Kier alpha value is -2.17. The molecular formula is C19H23Cl2N5O4. The van der Waals surface area contributed by atoms with Crippen LogP contribution in [0.2, 0.25) is 5.15 Å². The van der Waals surface area contributed by atoms with Gasteiger partial charge in [0.25, 0.3) is 0 Å². The highest BCUT2D eigenvalue weighted by atomic mass is 35.5. The SMILES string of the molecule is CCc1cc2cc(-c3c(Cl)nc(N)nc3N[C@@H]3C[C@H](CO)[C@@H](O)[C@H]3O)oc2cn1.Cl. The average molecular weight is 456 g/mol. The van der Waals surface area contributed by atoms with Gasteiger partial charge in [-0.25, -0.2) is 4.98 Å². The number of aliphatic hydroxyl groups excluding tert-OH is 3. The minimum absolute atomic E-state index is 0. The fourth-order valence-corrected chi connectivity index (χ4v) is 3.97. The van der Waals surface area contributed by atoms with Crippen LogP contribution in [0.5, 0.6) is 0 Å². The van der Waals surface area contributed by atoms with Crippen LogP contribution in [0, 0.1) is 5.92 Å². The summed E-state index contributed by atoms with van der Waals surface area (Å²) in [6, 6.07) is 3.20. The van der Waals surface area contributed by atoms with Crippen LogP contribution in [0.15, 0.2) is 22.7 Å². The number of hydrogen-bond donors (Lipinski definition) is 5. The molecule has 4 atom stereocenters. The van der Waals surface area contributed by atoms with Gasteiger partial charge in [0, 0.05) is 23.6 Å². The maximum atomic E-state index is 10.3. The standard InChI is InChI=1S/C19H22ClN5O4.ClH/c1-2-10-3-8-5-12(29-13(8)6-22-10)14-17(20)24-19(21)25-18(14)23-11-4-9(7-26)15(27)16(11)28;/h3,5-6,9,11,15-16,26-28H,2,4,7H2,1H3,(H3,21,23,24,25);1H/t9-,11-,15-,16+;/m1./s1. The number of aromatic nitrogens is 3. The third-order valence-electron chi connectivity index (χ3n) is 5.31. The first-order valence-corrected chi connectivity index (χ1v) is 9.74. The molecule has 1 aliphatic rings. The molecule has 1 saturated carbocycles. The molecule has 3 heterocycles. The molecule has 1 fully saturated rings. The number of pyridine rings is 1. The number of fused-ring (bicyclic) bond motifs is 1. The molecule has 11 heteroatoms. The number of halogens is 2. The van der Waals surface area contributed by atoms with Crippen molar-refractivity contribution in [2.75, 3.05) is 17.7 Å². The van der Waals surface area contributed by atoms with Crippen LogP contribution in [0.1, 0.15) is 19.0 Å². The summed E-state index contributed by atoms with van der Waals surface area (Å²) < 4.78 is 5.91. The van der Waals surface area contributed by atoms with Gasteiger partial charge in [0.05, 0.1) is 23.9 Å². The van der Waals surface area contributed by atoms with E-state index >= 15 is 0 Å². The molecule has 0 aromatic carbocycles. The Morgan fingerprint density at radius 3 is 2.70 bits per heavy atom. The van der Waals surface area contributed by atoms with Crippen LogP contribution in [0.4, 0.5) is 11.8 Å². The Balaban J connectivity index is 0.00000256. The maximum absolute atomic E-state index is 10.3. The zero-order valence-electron chi connectivity index (χ0n) is 16.1. The van der Waals surface area contributed by atoms with Gasteiger partial charge in [-0.05, 0) is 25.0 Å². The summed E-state index contributed by atoms with van der Waals surface area (Å²) in [5.74, 6) is 0.221. The molecule has 0 amide bonds. The van der Waals surface area contributed by atoms with Crippen LogP contribution in [-0.2, 0) is 6.42 Å². The molecule has 0 unspecified atom stereocenters. The van der Waals surface area contributed by atoms with Crippen molar-refractivity contribution < 1.29 is 19.7 Å². The molecule has 1 aliphatic carbocycles. The Morgan fingerprint density at radius 2 is 2.03 bits per heavy atom. The zero-order chi connectivity index (χ0) is 20.7. The minimum atomic E-state index is -1.08. The third kappa shape index (κ3) is 4.03. The second-order valence-electron chi connectivity index (χ2n) is 7.18. The van der Waals surface area contributed by atoms with E-state index in [1.54, 1.807) is 6.20 Å². The molecule has 0 spiro atoms. The number of aliphatic hydroxyl groups is 3. The molecule has 0 radical (unpaired) electrons. The summed E-state index contributed by atoms with van der Waals surface area (Å²) >= 11 is 6.36. The number of anilines is 2. The summed E-state index contributed by atoms with van der Waals surface area (Å²) in [5.41, 5.74) is 7.68. The van der Waals surface area contributed by atoms with E-state index in [9.17, 15) is 15.3 Å². The first-order chi connectivity index (χ1) is 13.9. The van der Waals surface area contributed by atoms with E-state index in [4.69, 9.17) is 21.8 Å². The van der Waals surface area contributed by atoms with Crippen molar-refractivity contribution >= 4 is 46.7 Å². The van der Waals surface area contributed by atoms with Gasteiger partial charge < -0.3 is 30.8 Å². The van der Waals surface area contributed by atoms with Crippen molar-refractivity contribution in [2.45, 2.75) is 38.0 Å². The van der Waals surface area contributed by atoms with E-state index < -0.39 is 24.2 Å². The normalized spacial score (nSPS) is 23.5. The second-order valence-corrected chi connectivity index (χ2v) is 7.54. The van der Waals surface area contributed by atoms with Gasteiger partial charge in [-0.3, -0.25) is 4.98 Å². The molecule has 0 bridgehead atoms. The summed E-state index contributed by atoms with van der Waals surface area (Å²) in [5, 5.41) is 33.9. The van der Waals surface area contributed by atoms with Gasteiger partial charge in [0.2, 0.25) is 5.95 Å². The summed E-state index contributed by atoms with van der Waals surface area (Å²) in [4.78, 5) is 12.6. The van der Waals surface area contributed by atoms with Crippen molar-refractivity contribution in [3.8, 4) is 11.3 Å². The van der Waals surface area contributed by atoms with Crippen LogP contribution >= 0.6 is 24.0 Å². The number of aryl methyl sites for hydroxylation is 1. The predicted molar refractivity (Wildman–Crippen MR) is 116 cm³/mol. The monoisotopic (exact) mass is 455 g/mol. The lowest BCUT2D eigenvalue weighted by Gasteiger charge is -2.20. The molecule has 0 aliphatic heterocycles. The molecular weight excluding hydrogens is 433 g/mol. The largest absolute Gasteiger partial charge is 0.454 e. The fraction of sp³-hybridized carbons (Fsp3) is 0.421. The molecule has 30 heavy (non-hydrogen) atoms. The Bertz CT molecular complexity index is 1050. The van der Waals surface area contributed by atoms with E-state index in [-0.39, 0.29) is 35.9 Å². The number of furan rings is 1. The summed E-state index contributed by atoms with van der Waals surface area (Å²) in [7, 11) is 0. The highest BCUT2D eigenvalue weighted by Gasteiger charge is 2.41. The Morgan fingerprint density at radius 1 is 1.27 bits per heavy atom. The number of rotatable bonds is 5. The number of nitrogens with two attached hydrogens (primary N) is 1. The lowest BCUT2D eigenvalue weighted by molar-refractivity contribution is 0.00446.